The highest BCUT2D eigenvalue weighted by Gasteiger charge is 2.35. The summed E-state index contributed by atoms with van der Waals surface area (Å²) in [5.41, 5.74) is -1.45. The molecule has 0 saturated heterocycles. The van der Waals surface area contributed by atoms with Crippen LogP contribution < -0.4 is 9.62 Å². The summed E-state index contributed by atoms with van der Waals surface area (Å²) in [4.78, 5) is 27.3. The van der Waals surface area contributed by atoms with Crippen LogP contribution in [0, 0.1) is 5.82 Å². The molecular weight excluding hydrogens is 550 g/mol. The molecule has 1 unspecified atom stereocenters. The molecule has 0 spiro atoms. The van der Waals surface area contributed by atoms with Gasteiger partial charge in [-0.1, -0.05) is 42.5 Å². The normalized spacial score (nSPS) is 12.6. The first kappa shape index (κ1) is 30.6. The molecule has 214 valence electrons. The first-order chi connectivity index (χ1) is 18.7. The Kier molecular flexibility index (Phi) is 9.56. The second-order valence-corrected chi connectivity index (χ2v) is 11.2. The molecule has 0 aliphatic carbocycles. The molecule has 0 saturated carbocycles. The summed E-state index contributed by atoms with van der Waals surface area (Å²) in [6.45, 7) is 3.47. The number of nitrogens with zero attached hydrogens (tertiary/aromatic N) is 2. The van der Waals surface area contributed by atoms with Gasteiger partial charge >= 0.3 is 6.18 Å². The van der Waals surface area contributed by atoms with Crippen LogP contribution in [0.3, 0.4) is 0 Å². The van der Waals surface area contributed by atoms with Crippen molar-refractivity contribution in [3.8, 4) is 0 Å². The largest absolute Gasteiger partial charge is 0.416 e. The number of alkyl halides is 3. The molecule has 1 N–H and O–H groups in total. The number of anilines is 1. The summed E-state index contributed by atoms with van der Waals surface area (Å²) in [7, 11) is -4.55. The van der Waals surface area contributed by atoms with Crippen LogP contribution in [0.2, 0.25) is 0 Å². The number of nitrogens with one attached hydrogen (secondary N) is 1. The summed E-state index contributed by atoms with van der Waals surface area (Å²) in [5, 5.41) is 2.66. The Labute approximate surface area is 230 Å². The third-order valence-electron chi connectivity index (χ3n) is 5.97. The van der Waals surface area contributed by atoms with E-state index in [1.54, 1.807) is 19.9 Å². The van der Waals surface area contributed by atoms with Gasteiger partial charge in [-0.25, -0.2) is 12.8 Å². The first-order valence-corrected chi connectivity index (χ1v) is 13.7. The van der Waals surface area contributed by atoms with Gasteiger partial charge in [-0.3, -0.25) is 13.9 Å². The number of carbonyl (C=O) groups is 2. The van der Waals surface area contributed by atoms with Crippen molar-refractivity contribution in [1.29, 1.82) is 0 Å². The van der Waals surface area contributed by atoms with Crippen molar-refractivity contribution in [2.45, 2.75) is 50.5 Å². The summed E-state index contributed by atoms with van der Waals surface area (Å²) in [6.07, 6.45) is -4.78. The van der Waals surface area contributed by atoms with E-state index in [2.05, 4.69) is 5.32 Å². The van der Waals surface area contributed by atoms with Crippen LogP contribution >= 0.6 is 0 Å². The smallest absolute Gasteiger partial charge is 0.352 e. The number of benzene rings is 3. The van der Waals surface area contributed by atoms with Crippen molar-refractivity contribution in [3.05, 3.63) is 95.8 Å². The fraction of sp³-hybridized carbons (Fsp3) is 0.286. The molecule has 0 heterocycles. The van der Waals surface area contributed by atoms with E-state index in [0.29, 0.717) is 10.4 Å². The highest BCUT2D eigenvalue weighted by molar-refractivity contribution is 7.92. The Morgan fingerprint density at radius 1 is 0.900 bits per heavy atom. The summed E-state index contributed by atoms with van der Waals surface area (Å²) in [5.74, 6) is -2.15. The molecule has 0 aromatic heterocycles. The van der Waals surface area contributed by atoms with Crippen molar-refractivity contribution >= 4 is 27.5 Å². The van der Waals surface area contributed by atoms with Crippen LogP contribution in [0.25, 0.3) is 0 Å². The number of hydrogen-bond acceptors (Lipinski definition) is 4. The van der Waals surface area contributed by atoms with E-state index in [1.165, 1.54) is 55.5 Å². The summed E-state index contributed by atoms with van der Waals surface area (Å²) < 4.78 is 82.9. The van der Waals surface area contributed by atoms with Crippen LogP contribution in [-0.4, -0.2) is 43.8 Å². The molecule has 3 rings (SSSR count). The average molecular weight is 580 g/mol. The second-order valence-electron chi connectivity index (χ2n) is 9.33. The Morgan fingerprint density at radius 2 is 1.52 bits per heavy atom. The quantitative estimate of drug-likeness (QED) is 0.343. The van der Waals surface area contributed by atoms with Gasteiger partial charge in [-0.2, -0.15) is 13.2 Å². The van der Waals surface area contributed by atoms with Crippen molar-refractivity contribution < 1.29 is 35.6 Å². The minimum Gasteiger partial charge on any atom is -0.352 e. The number of sulfonamides is 1. The molecule has 0 aliphatic rings. The van der Waals surface area contributed by atoms with Gasteiger partial charge in [-0.15, -0.1) is 0 Å². The Morgan fingerprint density at radius 3 is 2.12 bits per heavy atom. The van der Waals surface area contributed by atoms with Gasteiger partial charge in [-0.05, 0) is 57.2 Å². The van der Waals surface area contributed by atoms with E-state index in [1.807, 2.05) is 0 Å². The molecule has 1 atom stereocenters. The lowest BCUT2D eigenvalue weighted by atomic mass is 10.1. The van der Waals surface area contributed by atoms with E-state index in [9.17, 15) is 35.6 Å². The maximum Gasteiger partial charge on any atom is 0.416 e. The second kappa shape index (κ2) is 12.5. The molecule has 0 radical (unpaired) electrons. The monoisotopic (exact) mass is 579 g/mol. The van der Waals surface area contributed by atoms with Crippen molar-refractivity contribution in [2.75, 3.05) is 10.8 Å². The maximum absolute atomic E-state index is 14.5. The lowest BCUT2D eigenvalue weighted by Gasteiger charge is -2.32. The standard InChI is InChI=1S/C28H29F4N3O4S/c1-19(2)33-27(37)20(3)34(17-21-10-7-8-15-25(21)29)26(36)18-35(40(38,39)24-13-5-4-6-14-24)23-12-9-11-22(16-23)28(30,31)32/h4-16,19-20H,17-18H2,1-3H3,(H,33,37). The molecule has 2 amide bonds. The Bertz CT molecular complexity index is 1450. The van der Waals surface area contributed by atoms with E-state index >= 15 is 0 Å². The van der Waals surface area contributed by atoms with Gasteiger partial charge in [0.15, 0.2) is 0 Å². The van der Waals surface area contributed by atoms with Crippen molar-refractivity contribution in [2.24, 2.45) is 0 Å². The van der Waals surface area contributed by atoms with E-state index < -0.39 is 57.7 Å². The molecule has 0 aliphatic heterocycles. The van der Waals surface area contributed by atoms with Crippen LogP contribution in [-0.2, 0) is 32.3 Å². The van der Waals surface area contributed by atoms with Gasteiger partial charge in [0.05, 0.1) is 16.1 Å². The topological polar surface area (TPSA) is 86.8 Å². The van der Waals surface area contributed by atoms with Gasteiger partial charge in [0.2, 0.25) is 11.8 Å². The first-order valence-electron chi connectivity index (χ1n) is 12.3. The molecule has 3 aromatic carbocycles. The van der Waals surface area contributed by atoms with Crippen LogP contribution in [0.1, 0.15) is 31.9 Å². The lowest BCUT2D eigenvalue weighted by molar-refractivity contribution is -0.139. The minimum atomic E-state index is -4.78. The zero-order valence-corrected chi connectivity index (χ0v) is 22.8. The van der Waals surface area contributed by atoms with E-state index in [-0.39, 0.29) is 23.0 Å². The van der Waals surface area contributed by atoms with E-state index in [0.717, 1.165) is 23.1 Å². The van der Waals surface area contributed by atoms with Gasteiger partial charge in [0.1, 0.15) is 18.4 Å². The third kappa shape index (κ3) is 7.38. The zero-order valence-electron chi connectivity index (χ0n) is 22.0. The molecule has 12 heteroatoms. The van der Waals surface area contributed by atoms with E-state index in [4.69, 9.17) is 0 Å². The zero-order chi connectivity index (χ0) is 29.7. The predicted molar refractivity (Wildman–Crippen MR) is 142 cm³/mol. The highest BCUT2D eigenvalue weighted by Crippen LogP contribution is 2.33. The number of hydrogen-bond donors (Lipinski definition) is 1. The molecule has 40 heavy (non-hydrogen) atoms. The molecule has 3 aromatic rings. The highest BCUT2D eigenvalue weighted by atomic mass is 32.2. The summed E-state index contributed by atoms with van der Waals surface area (Å²) in [6, 6.07) is 14.6. The molecular formula is C28H29F4N3O4S. The third-order valence-corrected chi connectivity index (χ3v) is 7.76. The molecule has 0 bridgehead atoms. The number of rotatable bonds is 10. The fourth-order valence-corrected chi connectivity index (χ4v) is 5.31. The Balaban J connectivity index is 2.09. The van der Waals surface area contributed by atoms with Crippen LogP contribution in [0.5, 0.6) is 0 Å². The van der Waals surface area contributed by atoms with Crippen molar-refractivity contribution in [3.63, 3.8) is 0 Å². The van der Waals surface area contributed by atoms with Crippen molar-refractivity contribution in [1.82, 2.24) is 10.2 Å². The molecule has 7 nitrogen and oxygen atoms in total. The van der Waals surface area contributed by atoms with Gasteiger partial charge in [0.25, 0.3) is 10.0 Å². The number of amides is 2. The Hall–Kier alpha value is -3.93. The predicted octanol–water partition coefficient (Wildman–Crippen LogP) is 4.98. The van der Waals surface area contributed by atoms with Crippen LogP contribution in [0.15, 0.2) is 83.8 Å². The number of halogens is 4. The average Bonchev–Trinajstić information content (AvgIpc) is 2.90. The van der Waals surface area contributed by atoms with Gasteiger partial charge in [0, 0.05) is 18.2 Å². The van der Waals surface area contributed by atoms with Gasteiger partial charge < -0.3 is 10.2 Å². The number of carbonyl (C=O) groups excluding carboxylic acids is 2. The lowest BCUT2D eigenvalue weighted by Crippen LogP contribution is -2.52. The minimum absolute atomic E-state index is 0.0663. The molecule has 0 fully saturated rings. The maximum atomic E-state index is 14.5. The SMILES string of the molecule is CC(C)NC(=O)C(C)N(Cc1ccccc1F)C(=O)CN(c1cccc(C(F)(F)F)c1)S(=O)(=O)c1ccccc1. The fourth-order valence-electron chi connectivity index (χ4n) is 3.88. The summed E-state index contributed by atoms with van der Waals surface area (Å²) >= 11 is 0. The van der Waals surface area contributed by atoms with Crippen LogP contribution in [0.4, 0.5) is 23.2 Å².